The van der Waals surface area contributed by atoms with E-state index in [1.54, 1.807) is 17.6 Å². The van der Waals surface area contributed by atoms with Gasteiger partial charge in [0.25, 0.3) is 5.56 Å². The van der Waals surface area contributed by atoms with Crippen LogP contribution in [0.15, 0.2) is 28.7 Å². The number of anilines is 2. The van der Waals surface area contributed by atoms with Crippen molar-refractivity contribution in [3.05, 3.63) is 45.1 Å². The Morgan fingerprint density at radius 3 is 2.84 bits per heavy atom. The van der Waals surface area contributed by atoms with Gasteiger partial charge < -0.3 is 20.4 Å². The third kappa shape index (κ3) is 5.24. The molecular formula is C22H28N4O4S2. The van der Waals surface area contributed by atoms with E-state index in [4.69, 9.17) is 10.5 Å². The van der Waals surface area contributed by atoms with Gasteiger partial charge in [0.05, 0.1) is 17.4 Å². The van der Waals surface area contributed by atoms with Gasteiger partial charge in [-0.3, -0.25) is 9.59 Å². The SMILES string of the molecule is C=CCn1c(N)cc(=O)nc1SC(CC)C(=O)Nc1sc2c(c1C(=O)OCC)CCCC2. The van der Waals surface area contributed by atoms with Gasteiger partial charge in [0.2, 0.25) is 5.91 Å². The third-order valence-corrected chi connectivity index (χ3v) is 7.69. The van der Waals surface area contributed by atoms with Crippen LogP contribution in [-0.4, -0.2) is 33.3 Å². The molecule has 0 spiro atoms. The van der Waals surface area contributed by atoms with E-state index >= 15 is 0 Å². The zero-order chi connectivity index (χ0) is 23.3. The number of allylic oxidation sites excluding steroid dienone is 1. The number of ether oxygens (including phenoxy) is 1. The Morgan fingerprint density at radius 2 is 2.16 bits per heavy atom. The van der Waals surface area contributed by atoms with Crippen molar-refractivity contribution < 1.29 is 14.3 Å². The number of fused-ring (bicyclic) bond motifs is 1. The third-order valence-electron chi connectivity index (χ3n) is 5.13. The summed E-state index contributed by atoms with van der Waals surface area (Å²) in [7, 11) is 0. The molecule has 3 rings (SSSR count). The lowest BCUT2D eigenvalue weighted by molar-refractivity contribution is -0.115. The molecule has 0 radical (unpaired) electrons. The minimum absolute atomic E-state index is 0.261. The fraction of sp³-hybridized carbons (Fsp3) is 0.455. The van der Waals surface area contributed by atoms with E-state index in [9.17, 15) is 14.4 Å². The minimum atomic E-state index is -0.533. The molecule has 3 N–H and O–H groups in total. The molecule has 2 aromatic heterocycles. The number of hydrogen-bond acceptors (Lipinski definition) is 8. The molecule has 0 aliphatic heterocycles. The summed E-state index contributed by atoms with van der Waals surface area (Å²) in [6.07, 6.45) is 5.93. The molecule has 2 heterocycles. The van der Waals surface area contributed by atoms with E-state index in [1.807, 2.05) is 6.92 Å². The van der Waals surface area contributed by atoms with E-state index in [0.717, 1.165) is 36.1 Å². The number of carbonyl (C=O) groups excluding carboxylic acids is 2. The first-order valence-corrected chi connectivity index (χ1v) is 12.4. The van der Waals surface area contributed by atoms with Crippen LogP contribution < -0.4 is 16.6 Å². The number of amides is 1. The molecule has 1 aliphatic carbocycles. The van der Waals surface area contributed by atoms with Crippen LogP contribution in [0, 0.1) is 0 Å². The molecule has 1 amide bonds. The zero-order valence-corrected chi connectivity index (χ0v) is 19.9. The van der Waals surface area contributed by atoms with Crippen LogP contribution in [0.3, 0.4) is 0 Å². The first kappa shape index (κ1) is 24.1. The van der Waals surface area contributed by atoms with Crippen molar-refractivity contribution in [1.82, 2.24) is 9.55 Å². The van der Waals surface area contributed by atoms with Crippen LogP contribution in [0.1, 0.15) is 53.9 Å². The normalized spacial score (nSPS) is 13.8. The Morgan fingerprint density at radius 1 is 1.41 bits per heavy atom. The lowest BCUT2D eigenvalue weighted by Gasteiger charge is -2.18. The highest BCUT2D eigenvalue weighted by Gasteiger charge is 2.29. The number of thiophene rings is 1. The molecule has 0 aromatic carbocycles. The predicted octanol–water partition coefficient (Wildman–Crippen LogP) is 3.64. The van der Waals surface area contributed by atoms with Crippen molar-refractivity contribution >= 4 is 45.8 Å². The zero-order valence-electron chi connectivity index (χ0n) is 18.3. The Kier molecular flexibility index (Phi) is 8.14. The van der Waals surface area contributed by atoms with E-state index in [2.05, 4.69) is 16.9 Å². The monoisotopic (exact) mass is 476 g/mol. The summed E-state index contributed by atoms with van der Waals surface area (Å²) in [5.74, 6) is -0.401. The van der Waals surface area contributed by atoms with Crippen LogP contribution in [0.25, 0.3) is 0 Å². The molecule has 0 bridgehead atoms. The molecule has 1 unspecified atom stereocenters. The standard InChI is InChI=1S/C22H28N4O4S2/c1-4-11-26-16(23)12-17(27)24-22(26)32-14(5-2)19(28)25-20-18(21(29)30-6-3)13-9-7-8-10-15(13)31-20/h4,12,14H,1,5-11,23H2,2-3H3,(H,25,28). The van der Waals surface area contributed by atoms with Crippen LogP contribution in [0.4, 0.5) is 10.8 Å². The van der Waals surface area contributed by atoms with E-state index < -0.39 is 16.8 Å². The van der Waals surface area contributed by atoms with Crippen LogP contribution >= 0.6 is 23.1 Å². The van der Waals surface area contributed by atoms with E-state index in [0.29, 0.717) is 28.7 Å². The fourth-order valence-electron chi connectivity index (χ4n) is 3.62. The van der Waals surface area contributed by atoms with E-state index in [-0.39, 0.29) is 18.3 Å². The minimum Gasteiger partial charge on any atom is -0.462 e. The fourth-order valence-corrected chi connectivity index (χ4v) is 5.94. The highest BCUT2D eigenvalue weighted by Crippen LogP contribution is 2.39. The van der Waals surface area contributed by atoms with Gasteiger partial charge in [-0.05, 0) is 44.6 Å². The average Bonchev–Trinajstić information content (AvgIpc) is 3.12. The van der Waals surface area contributed by atoms with Crippen molar-refractivity contribution in [3.63, 3.8) is 0 Å². The quantitative estimate of drug-likeness (QED) is 0.246. The van der Waals surface area contributed by atoms with Gasteiger partial charge >= 0.3 is 5.97 Å². The summed E-state index contributed by atoms with van der Waals surface area (Å²) < 4.78 is 6.91. The lowest BCUT2D eigenvalue weighted by atomic mass is 9.95. The molecule has 0 saturated heterocycles. The Bertz CT molecular complexity index is 1080. The molecular weight excluding hydrogens is 448 g/mol. The average molecular weight is 477 g/mol. The Hall–Kier alpha value is -2.59. The summed E-state index contributed by atoms with van der Waals surface area (Å²) in [5, 5.41) is 3.30. The second-order valence-corrected chi connectivity index (χ2v) is 9.62. The van der Waals surface area contributed by atoms with Crippen LogP contribution in [0.2, 0.25) is 0 Å². The smallest absolute Gasteiger partial charge is 0.341 e. The molecule has 1 atom stereocenters. The van der Waals surface area contributed by atoms with Crippen molar-refractivity contribution in [2.24, 2.45) is 0 Å². The number of nitrogens with one attached hydrogen (secondary N) is 1. The van der Waals surface area contributed by atoms with Gasteiger partial charge in [-0.1, -0.05) is 24.8 Å². The maximum absolute atomic E-state index is 13.2. The number of esters is 1. The second-order valence-electron chi connectivity index (χ2n) is 7.34. The number of rotatable bonds is 9. The number of nitrogen functional groups attached to an aromatic ring is 1. The molecule has 2 aromatic rings. The number of hydrogen-bond donors (Lipinski definition) is 2. The van der Waals surface area contributed by atoms with Gasteiger partial charge in [0.15, 0.2) is 5.16 Å². The van der Waals surface area contributed by atoms with Gasteiger partial charge in [0.1, 0.15) is 10.8 Å². The highest BCUT2D eigenvalue weighted by atomic mass is 32.2. The number of aromatic nitrogens is 2. The lowest BCUT2D eigenvalue weighted by Crippen LogP contribution is -2.27. The molecule has 1 aliphatic rings. The van der Waals surface area contributed by atoms with E-state index in [1.165, 1.54) is 29.2 Å². The number of nitrogens with zero attached hydrogens (tertiary/aromatic N) is 2. The summed E-state index contributed by atoms with van der Waals surface area (Å²) in [6, 6.07) is 1.25. The molecule has 8 nitrogen and oxygen atoms in total. The first-order valence-electron chi connectivity index (χ1n) is 10.7. The maximum atomic E-state index is 13.2. The largest absolute Gasteiger partial charge is 0.462 e. The Balaban J connectivity index is 1.88. The summed E-state index contributed by atoms with van der Waals surface area (Å²) >= 11 is 2.62. The van der Waals surface area contributed by atoms with Crippen LogP contribution in [0.5, 0.6) is 0 Å². The molecule has 172 valence electrons. The number of nitrogens with two attached hydrogens (primary N) is 1. The second kappa shape index (κ2) is 10.8. The van der Waals surface area contributed by atoms with Gasteiger partial charge in [-0.2, -0.15) is 4.98 Å². The molecule has 32 heavy (non-hydrogen) atoms. The number of aryl methyl sites for hydroxylation is 1. The molecule has 0 saturated carbocycles. The summed E-state index contributed by atoms with van der Waals surface area (Å²) in [5.41, 5.74) is 6.98. The topological polar surface area (TPSA) is 116 Å². The highest BCUT2D eigenvalue weighted by molar-refractivity contribution is 8.00. The maximum Gasteiger partial charge on any atom is 0.341 e. The van der Waals surface area contributed by atoms with Crippen LogP contribution in [-0.2, 0) is 28.9 Å². The van der Waals surface area contributed by atoms with Crippen molar-refractivity contribution in [1.29, 1.82) is 0 Å². The first-order chi connectivity index (χ1) is 15.4. The van der Waals surface area contributed by atoms with Gasteiger partial charge in [0, 0.05) is 17.5 Å². The van der Waals surface area contributed by atoms with Gasteiger partial charge in [-0.25, -0.2) is 4.79 Å². The molecule has 10 heteroatoms. The predicted molar refractivity (Wildman–Crippen MR) is 129 cm³/mol. The van der Waals surface area contributed by atoms with Gasteiger partial charge in [-0.15, -0.1) is 17.9 Å². The van der Waals surface area contributed by atoms with Crippen molar-refractivity contribution in [3.8, 4) is 0 Å². The Labute approximate surface area is 195 Å². The van der Waals surface area contributed by atoms with Crippen molar-refractivity contribution in [2.75, 3.05) is 17.7 Å². The number of thioether (sulfide) groups is 1. The summed E-state index contributed by atoms with van der Waals surface area (Å²) in [4.78, 5) is 42.9. The molecule has 0 fully saturated rings. The summed E-state index contributed by atoms with van der Waals surface area (Å²) in [6.45, 7) is 7.99. The number of carbonyl (C=O) groups is 2. The van der Waals surface area contributed by atoms with Crippen molar-refractivity contribution in [2.45, 2.75) is 62.9 Å².